The quantitative estimate of drug-likeness (QED) is 0.288. The van der Waals surface area contributed by atoms with Gasteiger partial charge in [0.15, 0.2) is 0 Å². The van der Waals surface area contributed by atoms with Gasteiger partial charge < -0.3 is 15.2 Å². The lowest BCUT2D eigenvalue weighted by Gasteiger charge is -2.28. The first kappa shape index (κ1) is 30.9. The van der Waals surface area contributed by atoms with Gasteiger partial charge in [-0.3, -0.25) is 9.69 Å². The van der Waals surface area contributed by atoms with Crippen LogP contribution in [0.4, 0.5) is 0 Å². The number of rotatable bonds is 13. The molecular weight excluding hydrogens is 540 g/mol. The monoisotopic (exact) mass is 584 g/mol. The number of aryl methyl sites for hydroxylation is 1. The lowest BCUT2D eigenvalue weighted by molar-refractivity contribution is -0.139. The van der Waals surface area contributed by atoms with Gasteiger partial charge in [-0.25, -0.2) is 4.79 Å². The van der Waals surface area contributed by atoms with Gasteiger partial charge in [0.1, 0.15) is 6.04 Å². The van der Waals surface area contributed by atoms with Gasteiger partial charge in [-0.15, -0.1) is 0 Å². The Labute approximate surface area is 248 Å². The molecule has 218 valence electrons. The smallest absolute Gasteiger partial charge is 0.326 e. The summed E-state index contributed by atoms with van der Waals surface area (Å²) in [6.07, 6.45) is 12.3. The van der Waals surface area contributed by atoms with E-state index in [9.17, 15) is 14.7 Å². The number of hydrogen-bond acceptors (Lipinski definition) is 6. The van der Waals surface area contributed by atoms with Crippen molar-refractivity contribution in [3.63, 3.8) is 0 Å². The first-order valence-corrected chi connectivity index (χ1v) is 17.2. The maximum absolute atomic E-state index is 13.4. The molecule has 1 amide bonds. The van der Waals surface area contributed by atoms with Crippen molar-refractivity contribution in [2.45, 2.75) is 81.9 Å². The minimum Gasteiger partial charge on any atom is -0.480 e. The largest absolute Gasteiger partial charge is 0.480 e. The molecule has 1 saturated heterocycles. The van der Waals surface area contributed by atoms with Crippen LogP contribution in [0.25, 0.3) is 11.1 Å². The number of ether oxygens (including phenoxy) is 1. The number of likely N-dealkylation sites (tertiary alicyclic amines) is 1. The maximum Gasteiger partial charge on any atom is 0.326 e. The highest BCUT2D eigenvalue weighted by Gasteiger charge is 2.33. The number of aliphatic carboxylic acids is 1. The van der Waals surface area contributed by atoms with Crippen LogP contribution in [0.3, 0.4) is 0 Å². The summed E-state index contributed by atoms with van der Waals surface area (Å²) in [4.78, 5) is 27.8. The number of carboxylic acid groups (broad SMARTS) is 1. The fourth-order valence-electron chi connectivity index (χ4n) is 5.90. The number of carbonyl (C=O) groups is 2. The predicted octanol–water partition coefficient (Wildman–Crippen LogP) is 6.25. The molecule has 0 aromatic heterocycles. The zero-order valence-corrected chi connectivity index (χ0v) is 25.7. The van der Waals surface area contributed by atoms with Crippen LogP contribution < -0.4 is 5.32 Å². The average molecular weight is 585 g/mol. The Bertz CT molecular complexity index is 1140. The van der Waals surface area contributed by atoms with Crippen LogP contribution in [0.1, 0.15) is 66.4 Å². The highest BCUT2D eigenvalue weighted by Crippen LogP contribution is 2.32. The molecule has 2 fully saturated rings. The van der Waals surface area contributed by atoms with Crippen LogP contribution in [-0.2, 0) is 16.1 Å². The number of benzene rings is 2. The topological polar surface area (TPSA) is 78.9 Å². The minimum absolute atomic E-state index is 0.347. The van der Waals surface area contributed by atoms with Gasteiger partial charge in [0, 0.05) is 29.9 Å². The molecule has 2 aromatic carbocycles. The van der Waals surface area contributed by atoms with Gasteiger partial charge in [-0.1, -0.05) is 49.6 Å². The van der Waals surface area contributed by atoms with Crippen molar-refractivity contribution in [3.05, 3.63) is 59.2 Å². The molecule has 6 nitrogen and oxygen atoms in total. The van der Waals surface area contributed by atoms with E-state index in [1.807, 2.05) is 61.3 Å². The van der Waals surface area contributed by atoms with E-state index in [0.717, 1.165) is 48.4 Å². The Morgan fingerprint density at radius 2 is 1.88 bits per heavy atom. The van der Waals surface area contributed by atoms with Crippen LogP contribution in [0.5, 0.6) is 0 Å². The van der Waals surface area contributed by atoms with Crippen molar-refractivity contribution >= 4 is 35.4 Å². The van der Waals surface area contributed by atoms with Gasteiger partial charge in [0.25, 0.3) is 5.91 Å². The van der Waals surface area contributed by atoms with Gasteiger partial charge in [0.05, 0.1) is 12.7 Å². The molecule has 3 atom stereocenters. The van der Waals surface area contributed by atoms with E-state index < -0.39 is 12.0 Å². The third-order valence-electron chi connectivity index (χ3n) is 8.26. The molecule has 1 aliphatic heterocycles. The van der Waals surface area contributed by atoms with E-state index >= 15 is 0 Å². The highest BCUT2D eigenvalue weighted by atomic mass is 32.2. The molecular formula is C32H44N2O4S2. The Morgan fingerprint density at radius 3 is 2.58 bits per heavy atom. The Balaban J connectivity index is 1.56. The summed E-state index contributed by atoms with van der Waals surface area (Å²) in [5.74, 6) is -0.685. The molecule has 40 heavy (non-hydrogen) atoms. The van der Waals surface area contributed by atoms with E-state index in [1.54, 1.807) is 11.8 Å². The number of nitrogens with zero attached hydrogens (tertiary/aromatic N) is 1. The fraction of sp³-hybridized carbons (Fsp3) is 0.562. The predicted molar refractivity (Wildman–Crippen MR) is 167 cm³/mol. The summed E-state index contributed by atoms with van der Waals surface area (Å²) >= 11 is 3.51. The molecule has 1 saturated carbocycles. The van der Waals surface area contributed by atoms with Gasteiger partial charge >= 0.3 is 5.97 Å². The molecule has 2 N–H and O–H groups in total. The molecule has 0 radical (unpaired) electrons. The average Bonchev–Trinajstić information content (AvgIpc) is 3.36. The first-order valence-electron chi connectivity index (χ1n) is 14.5. The Hall–Kier alpha value is -2.00. The van der Waals surface area contributed by atoms with E-state index in [-0.39, 0.29) is 5.91 Å². The van der Waals surface area contributed by atoms with Crippen molar-refractivity contribution < 1.29 is 19.4 Å². The minimum atomic E-state index is -1.00. The molecule has 4 rings (SSSR count). The highest BCUT2D eigenvalue weighted by molar-refractivity contribution is 7.99. The van der Waals surface area contributed by atoms with Crippen molar-refractivity contribution in [2.75, 3.05) is 31.4 Å². The van der Waals surface area contributed by atoms with Crippen LogP contribution in [0.15, 0.2) is 42.5 Å². The van der Waals surface area contributed by atoms with E-state index in [2.05, 4.69) is 22.5 Å². The molecule has 2 aliphatic rings. The standard InChI is InChI=1S/C32H44N2O4S2/c1-22-9-7-8-12-27(22)29-17-23(13-14-28(29)31(35)33-30(32(36)37)15-16-39-2)19-34-20-26(40-3)18-24(34)21-38-25-10-5-4-6-11-25/h7-9,12-14,17,24-26,30H,4-6,10-11,15-16,18-21H2,1-3H3,(H,33,35)(H,36,37)/t24-,26+,30-/m0/s1. The normalized spacial score (nSPS) is 20.9. The molecule has 1 aliphatic carbocycles. The van der Waals surface area contributed by atoms with Crippen LogP contribution in [0.2, 0.25) is 0 Å². The molecule has 0 unspecified atom stereocenters. The van der Waals surface area contributed by atoms with Gasteiger partial charge in [-0.2, -0.15) is 23.5 Å². The third-order valence-corrected chi connectivity index (χ3v) is 9.92. The maximum atomic E-state index is 13.4. The summed E-state index contributed by atoms with van der Waals surface area (Å²) in [6.45, 7) is 4.64. The van der Waals surface area contributed by atoms with Crippen LogP contribution in [0, 0.1) is 6.92 Å². The molecule has 1 heterocycles. The molecule has 2 aromatic rings. The molecule has 8 heteroatoms. The van der Waals surface area contributed by atoms with E-state index in [4.69, 9.17) is 4.74 Å². The zero-order chi connectivity index (χ0) is 28.5. The summed E-state index contributed by atoms with van der Waals surface area (Å²) in [5, 5.41) is 13.1. The summed E-state index contributed by atoms with van der Waals surface area (Å²) in [7, 11) is 0. The van der Waals surface area contributed by atoms with E-state index in [1.165, 1.54) is 32.1 Å². The lowest BCUT2D eigenvalue weighted by Crippen LogP contribution is -2.41. The summed E-state index contributed by atoms with van der Waals surface area (Å²) in [6, 6.07) is 13.6. The van der Waals surface area contributed by atoms with Crippen molar-refractivity contribution in [3.8, 4) is 11.1 Å². The first-order chi connectivity index (χ1) is 19.4. The van der Waals surface area contributed by atoms with Crippen molar-refractivity contribution in [2.24, 2.45) is 0 Å². The Kier molecular flexibility index (Phi) is 11.8. The SMILES string of the molecule is CSCC[C@H](NC(=O)c1ccc(CN2C[C@H](SC)C[C@H]2COC2CCCCC2)cc1-c1ccccc1C)C(=O)O. The number of carbonyl (C=O) groups excluding carboxylic acids is 1. The van der Waals surface area contributed by atoms with Gasteiger partial charge in [0.2, 0.25) is 0 Å². The summed E-state index contributed by atoms with van der Waals surface area (Å²) in [5.41, 5.74) is 4.57. The van der Waals surface area contributed by atoms with E-state index in [0.29, 0.717) is 35.1 Å². The Morgan fingerprint density at radius 1 is 1.10 bits per heavy atom. The number of carboxylic acids is 1. The second kappa shape index (κ2) is 15.3. The number of thioether (sulfide) groups is 2. The third kappa shape index (κ3) is 8.28. The number of nitrogens with one attached hydrogen (secondary N) is 1. The second-order valence-corrected chi connectivity index (χ2v) is 13.2. The zero-order valence-electron chi connectivity index (χ0n) is 24.1. The summed E-state index contributed by atoms with van der Waals surface area (Å²) < 4.78 is 6.42. The molecule has 0 bridgehead atoms. The van der Waals surface area contributed by atoms with Crippen LogP contribution in [-0.4, -0.2) is 76.7 Å². The van der Waals surface area contributed by atoms with Crippen molar-refractivity contribution in [1.82, 2.24) is 10.2 Å². The fourth-order valence-corrected chi connectivity index (χ4v) is 7.13. The molecule has 0 spiro atoms. The van der Waals surface area contributed by atoms with Crippen molar-refractivity contribution in [1.29, 1.82) is 0 Å². The number of amides is 1. The lowest BCUT2D eigenvalue weighted by atomic mass is 9.93. The number of hydrogen-bond donors (Lipinski definition) is 2. The van der Waals surface area contributed by atoms with Crippen LogP contribution >= 0.6 is 23.5 Å². The van der Waals surface area contributed by atoms with Gasteiger partial charge in [-0.05, 0) is 85.3 Å². The second-order valence-electron chi connectivity index (χ2n) is 11.1.